The van der Waals surface area contributed by atoms with Crippen LogP contribution in [0.25, 0.3) is 0 Å². The van der Waals surface area contributed by atoms with Gasteiger partial charge < -0.3 is 4.74 Å². The molecule has 0 radical (unpaired) electrons. The Morgan fingerprint density at radius 1 is 1.57 bits per heavy atom. The minimum atomic E-state index is -0.498. The number of nitrogens with zero attached hydrogens (tertiary/aromatic N) is 1. The van der Waals surface area contributed by atoms with Gasteiger partial charge in [-0.25, -0.2) is 9.79 Å². The molecule has 0 saturated carbocycles. The largest absolute Gasteiger partial charge is 0.444 e. The fourth-order valence-corrected chi connectivity index (χ4v) is 0.875. The van der Waals surface area contributed by atoms with Crippen LogP contribution in [0, 0.1) is 0 Å². The zero-order valence-electron chi connectivity index (χ0n) is 8.89. The molecule has 4 nitrogen and oxygen atoms in total. The van der Waals surface area contributed by atoms with Crippen molar-refractivity contribution in [2.45, 2.75) is 20.8 Å². The molecule has 1 amide bonds. The lowest BCUT2D eigenvalue weighted by Crippen LogP contribution is -2.30. The van der Waals surface area contributed by atoms with Crippen molar-refractivity contribution in [3.63, 3.8) is 0 Å². The number of nitrogens with one attached hydrogen (secondary N) is 1. The standard InChI is InChI=1S/C8H10N2O2.C2H6/c1-5(2)6-4-12-8(11)10-7(6)9-3;1-2/h1,3-4H2,2H3,(H,10,11);1-2H3. The van der Waals surface area contributed by atoms with Gasteiger partial charge in [-0.1, -0.05) is 20.4 Å². The molecule has 0 aliphatic carbocycles. The van der Waals surface area contributed by atoms with E-state index in [0.29, 0.717) is 5.82 Å². The molecule has 0 saturated heterocycles. The normalized spacial score (nSPS) is 14.6. The van der Waals surface area contributed by atoms with Gasteiger partial charge in [-0.2, -0.15) is 0 Å². The molecule has 0 aromatic carbocycles. The quantitative estimate of drug-likeness (QED) is 0.688. The highest BCUT2D eigenvalue weighted by atomic mass is 16.5. The van der Waals surface area contributed by atoms with Crippen molar-refractivity contribution in [1.29, 1.82) is 0 Å². The van der Waals surface area contributed by atoms with Gasteiger partial charge in [-0.15, -0.1) is 0 Å². The maximum absolute atomic E-state index is 10.7. The summed E-state index contributed by atoms with van der Waals surface area (Å²) in [5.74, 6) is 0.443. The monoisotopic (exact) mass is 196 g/mol. The topological polar surface area (TPSA) is 50.7 Å². The van der Waals surface area contributed by atoms with Gasteiger partial charge in [-0.05, 0) is 19.2 Å². The Hall–Kier alpha value is -1.58. The van der Waals surface area contributed by atoms with E-state index in [1.165, 1.54) is 0 Å². The summed E-state index contributed by atoms with van der Waals surface area (Å²) >= 11 is 0. The van der Waals surface area contributed by atoms with Crippen molar-refractivity contribution in [1.82, 2.24) is 5.32 Å². The number of aliphatic imine (C=N–C) groups is 1. The Labute approximate surface area is 84.4 Å². The first-order valence-corrected chi connectivity index (χ1v) is 4.44. The van der Waals surface area contributed by atoms with Crippen molar-refractivity contribution in [3.05, 3.63) is 23.5 Å². The number of rotatable bonds is 2. The summed E-state index contributed by atoms with van der Waals surface area (Å²) in [5.41, 5.74) is 1.60. The maximum Gasteiger partial charge on any atom is 0.413 e. The minimum Gasteiger partial charge on any atom is -0.444 e. The maximum atomic E-state index is 10.7. The van der Waals surface area contributed by atoms with Crippen LogP contribution in [0.15, 0.2) is 28.5 Å². The number of carbonyl (C=O) groups is 1. The van der Waals surface area contributed by atoms with Crippen molar-refractivity contribution in [2.24, 2.45) is 4.99 Å². The molecule has 14 heavy (non-hydrogen) atoms. The molecule has 0 bridgehead atoms. The van der Waals surface area contributed by atoms with Gasteiger partial charge in [0, 0.05) is 5.57 Å². The third-order valence-corrected chi connectivity index (χ3v) is 1.53. The van der Waals surface area contributed by atoms with E-state index in [4.69, 9.17) is 4.74 Å². The molecule has 0 spiro atoms. The molecule has 0 fully saturated rings. The van der Waals surface area contributed by atoms with Crippen LogP contribution in [0.5, 0.6) is 0 Å². The Morgan fingerprint density at radius 2 is 2.14 bits per heavy atom. The Morgan fingerprint density at radius 3 is 2.57 bits per heavy atom. The highest BCUT2D eigenvalue weighted by Crippen LogP contribution is 2.15. The van der Waals surface area contributed by atoms with E-state index in [-0.39, 0.29) is 6.61 Å². The summed E-state index contributed by atoms with van der Waals surface area (Å²) < 4.78 is 4.73. The summed E-state index contributed by atoms with van der Waals surface area (Å²) in [6, 6.07) is 0. The van der Waals surface area contributed by atoms with Gasteiger partial charge in [0.2, 0.25) is 0 Å². The predicted molar refractivity (Wildman–Crippen MR) is 57.2 cm³/mol. The highest BCUT2D eigenvalue weighted by molar-refractivity contribution is 5.72. The van der Waals surface area contributed by atoms with Crippen LogP contribution in [0.2, 0.25) is 0 Å². The molecule has 1 aliphatic rings. The van der Waals surface area contributed by atoms with Crippen LogP contribution in [-0.4, -0.2) is 19.4 Å². The van der Waals surface area contributed by atoms with Gasteiger partial charge >= 0.3 is 6.09 Å². The van der Waals surface area contributed by atoms with E-state index < -0.39 is 6.09 Å². The molecule has 1 aliphatic heterocycles. The third kappa shape index (κ3) is 3.05. The summed E-state index contributed by atoms with van der Waals surface area (Å²) in [5, 5.41) is 2.43. The molecule has 0 aromatic rings. The van der Waals surface area contributed by atoms with E-state index in [0.717, 1.165) is 11.1 Å². The molecule has 1 N–H and O–H groups in total. The predicted octanol–water partition coefficient (Wildman–Crippen LogP) is 2.24. The van der Waals surface area contributed by atoms with Crippen LogP contribution < -0.4 is 5.32 Å². The van der Waals surface area contributed by atoms with Gasteiger partial charge in [0.25, 0.3) is 0 Å². The van der Waals surface area contributed by atoms with Gasteiger partial charge in [-0.3, -0.25) is 5.32 Å². The number of hydrogen-bond acceptors (Lipinski definition) is 3. The lowest BCUT2D eigenvalue weighted by atomic mass is 10.1. The molecule has 78 valence electrons. The molecule has 1 rings (SSSR count). The SMILES string of the molecule is C=NC1=C(C(=C)C)COC(=O)N1.CC. The zero-order chi connectivity index (χ0) is 11.1. The van der Waals surface area contributed by atoms with Gasteiger partial charge in [0.1, 0.15) is 12.4 Å². The lowest BCUT2D eigenvalue weighted by Gasteiger charge is -2.18. The fourth-order valence-electron chi connectivity index (χ4n) is 0.875. The van der Waals surface area contributed by atoms with Crippen molar-refractivity contribution < 1.29 is 9.53 Å². The Kier molecular flexibility index (Phi) is 5.29. The summed E-state index contributed by atoms with van der Waals surface area (Å²) in [4.78, 5) is 14.4. The van der Waals surface area contributed by atoms with E-state index >= 15 is 0 Å². The number of cyclic esters (lactones) is 1. The molecule has 0 aromatic heterocycles. The smallest absolute Gasteiger partial charge is 0.413 e. The molecule has 0 unspecified atom stereocenters. The minimum absolute atomic E-state index is 0.218. The Bertz CT molecular complexity index is 280. The molecule has 0 atom stereocenters. The van der Waals surface area contributed by atoms with Crippen LogP contribution >= 0.6 is 0 Å². The molecule has 4 heteroatoms. The average molecular weight is 196 g/mol. The number of amides is 1. The van der Waals surface area contributed by atoms with Crippen molar-refractivity contribution in [2.75, 3.05) is 6.61 Å². The molecule has 1 heterocycles. The lowest BCUT2D eigenvalue weighted by molar-refractivity contribution is 0.152. The number of hydrogen-bond donors (Lipinski definition) is 1. The first kappa shape index (κ1) is 12.4. The van der Waals surface area contributed by atoms with Crippen molar-refractivity contribution in [3.8, 4) is 0 Å². The first-order chi connectivity index (χ1) is 6.65. The van der Waals surface area contributed by atoms with E-state index in [1.807, 2.05) is 20.8 Å². The zero-order valence-corrected chi connectivity index (χ0v) is 8.89. The second kappa shape index (κ2) is 5.96. The van der Waals surface area contributed by atoms with E-state index in [2.05, 4.69) is 23.6 Å². The summed E-state index contributed by atoms with van der Waals surface area (Å²) in [6.07, 6.45) is -0.498. The number of carbonyl (C=O) groups excluding carboxylic acids is 1. The second-order valence-corrected chi connectivity index (χ2v) is 2.47. The van der Waals surface area contributed by atoms with E-state index in [1.54, 1.807) is 0 Å². The van der Waals surface area contributed by atoms with Crippen LogP contribution in [0.3, 0.4) is 0 Å². The van der Waals surface area contributed by atoms with Gasteiger partial charge in [0.05, 0.1) is 0 Å². The average Bonchev–Trinajstić information content (AvgIpc) is 2.20. The molecular formula is C10H16N2O2. The summed E-state index contributed by atoms with van der Waals surface area (Å²) in [6.45, 7) is 13.1. The second-order valence-electron chi connectivity index (χ2n) is 2.47. The van der Waals surface area contributed by atoms with Crippen LogP contribution in [0.4, 0.5) is 4.79 Å². The summed E-state index contributed by atoms with van der Waals surface area (Å²) in [7, 11) is 0. The third-order valence-electron chi connectivity index (χ3n) is 1.53. The first-order valence-electron chi connectivity index (χ1n) is 4.44. The van der Waals surface area contributed by atoms with Crippen molar-refractivity contribution >= 4 is 12.8 Å². The van der Waals surface area contributed by atoms with Gasteiger partial charge in [0.15, 0.2) is 0 Å². The number of ether oxygens (including phenoxy) is 1. The Balaban J connectivity index is 0.000000791. The highest BCUT2D eigenvalue weighted by Gasteiger charge is 2.17. The fraction of sp³-hybridized carbons (Fsp3) is 0.400. The number of alkyl carbamates (subject to hydrolysis) is 1. The molecular weight excluding hydrogens is 180 g/mol. The van der Waals surface area contributed by atoms with Crippen LogP contribution in [0.1, 0.15) is 20.8 Å². The van der Waals surface area contributed by atoms with Crippen LogP contribution in [-0.2, 0) is 4.74 Å². The van der Waals surface area contributed by atoms with E-state index in [9.17, 15) is 4.79 Å².